The molecule has 1 fully saturated rings. The van der Waals surface area contributed by atoms with Crippen LogP contribution >= 0.6 is 0 Å². The summed E-state index contributed by atoms with van der Waals surface area (Å²) in [5.74, 6) is 1.23. The van der Waals surface area contributed by atoms with Gasteiger partial charge >= 0.3 is 0 Å². The molecular weight excluding hydrogens is 328 g/mol. The van der Waals surface area contributed by atoms with Crippen molar-refractivity contribution in [2.75, 3.05) is 20.2 Å². The Balaban J connectivity index is 1.51. The second kappa shape index (κ2) is 7.01. The Labute approximate surface area is 153 Å². The largest absolute Gasteiger partial charge is 0.379 e. The Morgan fingerprint density at radius 1 is 1.23 bits per heavy atom. The predicted octanol–water partition coefficient (Wildman–Crippen LogP) is 2.47. The summed E-state index contributed by atoms with van der Waals surface area (Å²) in [4.78, 5) is 6.74. The highest BCUT2D eigenvalue weighted by Gasteiger charge is 2.37. The van der Waals surface area contributed by atoms with Gasteiger partial charge in [0.1, 0.15) is 5.82 Å². The number of ether oxygens (including phenoxy) is 1. The van der Waals surface area contributed by atoms with Crippen molar-refractivity contribution < 1.29 is 4.74 Å². The number of rotatable bonds is 5. The van der Waals surface area contributed by atoms with E-state index in [1.54, 1.807) is 13.3 Å². The molecule has 3 heterocycles. The molecule has 1 unspecified atom stereocenters. The molecule has 1 aliphatic heterocycles. The summed E-state index contributed by atoms with van der Waals surface area (Å²) in [5, 5.41) is 10.9. The molecule has 0 aliphatic carbocycles. The number of nitrogens with one attached hydrogen (secondary N) is 1. The van der Waals surface area contributed by atoms with E-state index >= 15 is 0 Å². The lowest BCUT2D eigenvalue weighted by molar-refractivity contribution is 0.0923. The Morgan fingerprint density at radius 2 is 2.04 bits per heavy atom. The van der Waals surface area contributed by atoms with Crippen LogP contribution in [0.5, 0.6) is 0 Å². The second-order valence-corrected chi connectivity index (χ2v) is 6.84. The highest BCUT2D eigenvalue weighted by Crippen LogP contribution is 2.33. The number of likely N-dealkylation sites (tertiary alicyclic amines) is 1. The third-order valence-electron chi connectivity index (χ3n) is 5.44. The number of aryl methyl sites for hydroxylation is 1. The Morgan fingerprint density at radius 3 is 2.65 bits per heavy atom. The first-order valence-electron chi connectivity index (χ1n) is 8.90. The van der Waals surface area contributed by atoms with E-state index in [0.717, 1.165) is 30.3 Å². The molecule has 136 valence electrons. The molecule has 26 heavy (non-hydrogen) atoms. The highest BCUT2D eigenvalue weighted by atomic mass is 16.5. The maximum atomic E-state index is 5.71. The summed E-state index contributed by atoms with van der Waals surface area (Å²) in [7, 11) is 1.77. The first-order chi connectivity index (χ1) is 12.7. The van der Waals surface area contributed by atoms with Gasteiger partial charge in [-0.1, -0.05) is 12.1 Å². The zero-order valence-corrected chi connectivity index (χ0v) is 15.3. The fraction of sp³-hybridized carbons (Fsp3) is 0.421. The molecular formula is C19H24N6O. The number of aromatic amines is 1. The molecule has 3 aromatic rings. The fourth-order valence-electron chi connectivity index (χ4n) is 3.81. The van der Waals surface area contributed by atoms with Crippen LogP contribution < -0.4 is 0 Å². The summed E-state index contributed by atoms with van der Waals surface area (Å²) < 4.78 is 7.80. The van der Waals surface area contributed by atoms with E-state index in [4.69, 9.17) is 4.74 Å². The van der Waals surface area contributed by atoms with E-state index in [0.29, 0.717) is 6.04 Å². The van der Waals surface area contributed by atoms with E-state index in [2.05, 4.69) is 61.1 Å². The SMILES string of the molecule is CO[C@@H]1CN(C(C)c2ccc(-n3ccnc3C)cc2)C[C@H]1c1cn[nH]n1. The average Bonchev–Trinajstić information content (AvgIpc) is 3.41. The lowest BCUT2D eigenvalue weighted by Gasteiger charge is -2.24. The number of hydrogen-bond acceptors (Lipinski definition) is 5. The molecule has 7 heteroatoms. The molecule has 4 rings (SSSR count). The normalized spacial score (nSPS) is 22.0. The van der Waals surface area contributed by atoms with Gasteiger partial charge in [0.05, 0.1) is 18.0 Å². The predicted molar refractivity (Wildman–Crippen MR) is 98.2 cm³/mol. The summed E-state index contributed by atoms with van der Waals surface area (Å²) in [6.45, 7) is 6.05. The van der Waals surface area contributed by atoms with Crippen LogP contribution in [0.25, 0.3) is 5.69 Å². The van der Waals surface area contributed by atoms with Gasteiger partial charge in [0.25, 0.3) is 0 Å². The number of methoxy groups -OCH3 is 1. The van der Waals surface area contributed by atoms with Crippen LogP contribution in [0.2, 0.25) is 0 Å². The summed E-state index contributed by atoms with van der Waals surface area (Å²) in [6, 6.07) is 9.01. The van der Waals surface area contributed by atoms with Gasteiger partial charge in [-0.05, 0) is 31.5 Å². The molecule has 0 amide bonds. The van der Waals surface area contributed by atoms with Crippen LogP contribution in [0, 0.1) is 6.92 Å². The van der Waals surface area contributed by atoms with Crippen molar-refractivity contribution in [2.45, 2.75) is 31.9 Å². The standard InChI is InChI=1S/C19H24N6O/c1-13(15-4-6-16(7-5-15)25-9-8-20-14(25)2)24-11-17(19(12-24)26-3)18-10-21-23-22-18/h4-10,13,17,19H,11-12H2,1-3H3,(H,21,22,23)/t13?,17-,19+/m0/s1. The van der Waals surface area contributed by atoms with Gasteiger partial charge in [-0.15, -0.1) is 0 Å². The number of benzene rings is 1. The fourth-order valence-corrected chi connectivity index (χ4v) is 3.81. The smallest absolute Gasteiger partial charge is 0.110 e. The van der Waals surface area contributed by atoms with Gasteiger partial charge in [-0.2, -0.15) is 15.4 Å². The van der Waals surface area contributed by atoms with Crippen molar-refractivity contribution in [1.82, 2.24) is 29.9 Å². The molecule has 0 radical (unpaired) electrons. The molecule has 3 atom stereocenters. The topological polar surface area (TPSA) is 71.9 Å². The van der Waals surface area contributed by atoms with E-state index in [9.17, 15) is 0 Å². The van der Waals surface area contributed by atoms with Crippen LogP contribution in [0.4, 0.5) is 0 Å². The van der Waals surface area contributed by atoms with Crippen LogP contribution in [0.15, 0.2) is 42.9 Å². The summed E-state index contributed by atoms with van der Waals surface area (Å²) in [6.07, 6.45) is 5.74. The molecule has 0 spiro atoms. The van der Waals surface area contributed by atoms with Crippen molar-refractivity contribution in [1.29, 1.82) is 0 Å². The molecule has 7 nitrogen and oxygen atoms in total. The maximum absolute atomic E-state index is 5.71. The van der Waals surface area contributed by atoms with Crippen LogP contribution in [-0.2, 0) is 4.74 Å². The van der Waals surface area contributed by atoms with Gasteiger partial charge in [0, 0.05) is 50.2 Å². The number of aromatic nitrogens is 5. The molecule has 0 bridgehead atoms. The van der Waals surface area contributed by atoms with Gasteiger partial charge < -0.3 is 9.30 Å². The second-order valence-electron chi connectivity index (χ2n) is 6.84. The quantitative estimate of drug-likeness (QED) is 0.764. The summed E-state index contributed by atoms with van der Waals surface area (Å²) in [5.41, 5.74) is 3.40. The molecule has 1 saturated heterocycles. The first kappa shape index (κ1) is 16.9. The van der Waals surface area contributed by atoms with Crippen molar-refractivity contribution in [2.24, 2.45) is 0 Å². The molecule has 0 saturated carbocycles. The maximum Gasteiger partial charge on any atom is 0.110 e. The third kappa shape index (κ3) is 3.04. The van der Waals surface area contributed by atoms with Gasteiger partial charge in [-0.25, -0.2) is 4.98 Å². The van der Waals surface area contributed by atoms with E-state index < -0.39 is 0 Å². The van der Waals surface area contributed by atoms with Crippen molar-refractivity contribution >= 4 is 0 Å². The molecule has 1 aromatic carbocycles. The van der Waals surface area contributed by atoms with E-state index in [1.165, 1.54) is 5.56 Å². The van der Waals surface area contributed by atoms with Gasteiger partial charge in [-0.3, -0.25) is 4.90 Å². The minimum Gasteiger partial charge on any atom is -0.379 e. The van der Waals surface area contributed by atoms with E-state index in [1.807, 2.05) is 19.3 Å². The zero-order chi connectivity index (χ0) is 18.1. The van der Waals surface area contributed by atoms with Crippen LogP contribution in [0.3, 0.4) is 0 Å². The number of H-pyrrole nitrogens is 1. The molecule has 2 aromatic heterocycles. The monoisotopic (exact) mass is 352 g/mol. The van der Waals surface area contributed by atoms with Crippen LogP contribution in [-0.4, -0.2) is 56.2 Å². The summed E-state index contributed by atoms with van der Waals surface area (Å²) >= 11 is 0. The lowest BCUT2D eigenvalue weighted by atomic mass is 10.0. The third-order valence-corrected chi connectivity index (χ3v) is 5.44. The lowest BCUT2D eigenvalue weighted by Crippen LogP contribution is -2.26. The van der Waals surface area contributed by atoms with Crippen molar-refractivity contribution in [3.8, 4) is 5.69 Å². The number of imidazole rings is 1. The number of nitrogens with zero attached hydrogens (tertiary/aromatic N) is 5. The zero-order valence-electron chi connectivity index (χ0n) is 15.3. The Kier molecular flexibility index (Phi) is 4.57. The van der Waals surface area contributed by atoms with Crippen molar-refractivity contribution in [3.63, 3.8) is 0 Å². The minimum absolute atomic E-state index is 0.135. The Hall–Kier alpha value is -2.51. The minimum atomic E-state index is 0.135. The highest BCUT2D eigenvalue weighted by molar-refractivity contribution is 5.37. The van der Waals surface area contributed by atoms with E-state index in [-0.39, 0.29) is 12.0 Å². The van der Waals surface area contributed by atoms with Gasteiger partial charge in [0.15, 0.2) is 0 Å². The average molecular weight is 352 g/mol. The Bertz CT molecular complexity index is 841. The number of hydrogen-bond donors (Lipinski definition) is 1. The molecule has 1 aliphatic rings. The first-order valence-corrected chi connectivity index (χ1v) is 8.90. The molecule has 1 N–H and O–H groups in total. The van der Waals surface area contributed by atoms with Crippen LogP contribution in [0.1, 0.15) is 36.0 Å². The van der Waals surface area contributed by atoms with Crippen molar-refractivity contribution in [3.05, 3.63) is 59.9 Å². The van der Waals surface area contributed by atoms with Gasteiger partial charge in [0.2, 0.25) is 0 Å².